The van der Waals surface area contributed by atoms with E-state index < -0.39 is 0 Å². The molecule has 0 spiro atoms. The molecule has 1 aromatic heterocycles. The van der Waals surface area contributed by atoms with Crippen molar-refractivity contribution in [1.29, 1.82) is 0 Å². The molecule has 0 saturated heterocycles. The first-order valence-electron chi connectivity index (χ1n) is 6.29. The zero-order valence-electron chi connectivity index (χ0n) is 11.2. The van der Waals surface area contributed by atoms with Crippen LogP contribution >= 0.6 is 0 Å². The lowest BCUT2D eigenvalue weighted by Crippen LogP contribution is -2.00. The van der Waals surface area contributed by atoms with Gasteiger partial charge in [-0.05, 0) is 13.0 Å². The van der Waals surface area contributed by atoms with Crippen molar-refractivity contribution in [1.82, 2.24) is 9.78 Å². The van der Waals surface area contributed by atoms with Crippen molar-refractivity contribution in [2.75, 3.05) is 18.9 Å². The average Bonchev–Trinajstić information content (AvgIpc) is 2.67. The minimum atomic E-state index is -0.292. The van der Waals surface area contributed by atoms with Gasteiger partial charge in [0.15, 0.2) is 0 Å². The molecule has 2 aromatic rings. The summed E-state index contributed by atoms with van der Waals surface area (Å²) in [7, 11) is 1.75. The van der Waals surface area contributed by atoms with E-state index in [1.807, 2.05) is 6.92 Å². The molecule has 2 N–H and O–H groups in total. The lowest BCUT2D eigenvalue weighted by atomic mass is 10.0. The van der Waals surface area contributed by atoms with Crippen molar-refractivity contribution >= 4 is 5.82 Å². The topological polar surface area (TPSA) is 53.1 Å². The quantitative estimate of drug-likeness (QED) is 0.843. The second kappa shape index (κ2) is 5.84. The lowest BCUT2D eigenvalue weighted by molar-refractivity contribution is 0.150. The Morgan fingerprint density at radius 3 is 2.79 bits per heavy atom. The number of aryl methyl sites for hydroxylation is 1. The third kappa shape index (κ3) is 2.76. The first-order valence-corrected chi connectivity index (χ1v) is 6.29. The summed E-state index contributed by atoms with van der Waals surface area (Å²) in [5.74, 6) is 0.177. The van der Waals surface area contributed by atoms with Crippen LogP contribution in [0, 0.1) is 5.82 Å². The number of ether oxygens (including phenoxy) is 1. The third-order valence-electron chi connectivity index (χ3n) is 2.99. The van der Waals surface area contributed by atoms with E-state index in [0.29, 0.717) is 36.6 Å². The van der Waals surface area contributed by atoms with Gasteiger partial charge < -0.3 is 10.5 Å². The van der Waals surface area contributed by atoms with Gasteiger partial charge in [0.1, 0.15) is 11.6 Å². The van der Waals surface area contributed by atoms with E-state index >= 15 is 0 Å². The number of anilines is 1. The van der Waals surface area contributed by atoms with Crippen molar-refractivity contribution in [3.05, 3.63) is 35.8 Å². The van der Waals surface area contributed by atoms with Gasteiger partial charge in [0.05, 0.1) is 12.3 Å². The summed E-state index contributed by atoms with van der Waals surface area (Å²) in [6.07, 6.45) is 0.614. The van der Waals surface area contributed by atoms with Crippen LogP contribution < -0.4 is 5.73 Å². The van der Waals surface area contributed by atoms with Gasteiger partial charge in [-0.15, -0.1) is 0 Å². The summed E-state index contributed by atoms with van der Waals surface area (Å²) < 4.78 is 20.8. The van der Waals surface area contributed by atoms with Crippen molar-refractivity contribution in [2.24, 2.45) is 7.05 Å². The number of hydrogen-bond donors (Lipinski definition) is 1. The maximum absolute atomic E-state index is 13.9. The minimum Gasteiger partial charge on any atom is -0.383 e. The second-order valence-electron chi connectivity index (χ2n) is 4.26. The number of nitrogens with zero attached hydrogens (tertiary/aromatic N) is 2. The highest BCUT2D eigenvalue weighted by molar-refractivity contribution is 5.77. The number of nitrogens with two attached hydrogens (primary N) is 1. The van der Waals surface area contributed by atoms with Gasteiger partial charge in [0.2, 0.25) is 0 Å². The van der Waals surface area contributed by atoms with E-state index in [1.54, 1.807) is 29.9 Å². The second-order valence-corrected chi connectivity index (χ2v) is 4.26. The van der Waals surface area contributed by atoms with Gasteiger partial charge in [-0.1, -0.05) is 18.2 Å². The highest BCUT2D eigenvalue weighted by Crippen LogP contribution is 2.31. The molecule has 0 aliphatic heterocycles. The van der Waals surface area contributed by atoms with Crippen LogP contribution in [0.4, 0.5) is 10.2 Å². The summed E-state index contributed by atoms with van der Waals surface area (Å²) in [5, 5.41) is 4.34. The molecular formula is C14H18FN3O. The van der Waals surface area contributed by atoms with Crippen molar-refractivity contribution in [3.63, 3.8) is 0 Å². The Bertz CT molecular complexity index is 566. The maximum atomic E-state index is 13.9. The van der Waals surface area contributed by atoms with Crippen LogP contribution in [0.5, 0.6) is 0 Å². The van der Waals surface area contributed by atoms with Crippen LogP contribution in [0.1, 0.15) is 12.6 Å². The minimum absolute atomic E-state index is 0.292. The summed E-state index contributed by atoms with van der Waals surface area (Å²) in [4.78, 5) is 0. The van der Waals surface area contributed by atoms with Gasteiger partial charge in [0.25, 0.3) is 0 Å². The Hall–Kier alpha value is -1.88. The Kier molecular flexibility index (Phi) is 4.16. The highest BCUT2D eigenvalue weighted by Gasteiger charge is 2.18. The molecule has 0 atom stereocenters. The fraction of sp³-hybridized carbons (Fsp3) is 0.357. The summed E-state index contributed by atoms with van der Waals surface area (Å²) in [5.41, 5.74) is 7.92. The fourth-order valence-corrected chi connectivity index (χ4v) is 2.04. The zero-order chi connectivity index (χ0) is 13.8. The van der Waals surface area contributed by atoms with E-state index in [4.69, 9.17) is 10.5 Å². The molecule has 4 nitrogen and oxygen atoms in total. The first-order chi connectivity index (χ1) is 9.15. The SMILES string of the molecule is CCOCCc1nn(C)c(N)c1-c1ccccc1F. The van der Waals surface area contributed by atoms with E-state index in [2.05, 4.69) is 5.10 Å². The van der Waals surface area contributed by atoms with Gasteiger partial charge in [-0.25, -0.2) is 4.39 Å². The predicted octanol–water partition coefficient (Wildman–Crippen LogP) is 2.39. The highest BCUT2D eigenvalue weighted by atomic mass is 19.1. The van der Waals surface area contributed by atoms with Crippen molar-refractivity contribution in [3.8, 4) is 11.1 Å². The number of aromatic nitrogens is 2. The van der Waals surface area contributed by atoms with Gasteiger partial charge in [-0.3, -0.25) is 4.68 Å². The molecule has 0 amide bonds. The number of hydrogen-bond acceptors (Lipinski definition) is 3. The summed E-state index contributed by atoms with van der Waals surface area (Å²) >= 11 is 0. The zero-order valence-corrected chi connectivity index (χ0v) is 11.2. The van der Waals surface area contributed by atoms with Gasteiger partial charge >= 0.3 is 0 Å². The third-order valence-corrected chi connectivity index (χ3v) is 2.99. The molecule has 0 saturated carbocycles. The Morgan fingerprint density at radius 1 is 1.37 bits per heavy atom. The van der Waals surface area contributed by atoms with Gasteiger partial charge in [-0.2, -0.15) is 5.10 Å². The standard InChI is InChI=1S/C14H18FN3O/c1-3-19-9-8-12-13(14(16)18(2)17-12)10-6-4-5-7-11(10)15/h4-7H,3,8-9,16H2,1-2H3. The van der Waals surface area contributed by atoms with Crippen LogP contribution in [-0.4, -0.2) is 23.0 Å². The van der Waals surface area contributed by atoms with Crippen molar-refractivity contribution in [2.45, 2.75) is 13.3 Å². The molecule has 1 aromatic carbocycles. The Labute approximate surface area is 112 Å². The molecule has 0 aliphatic rings. The average molecular weight is 263 g/mol. The van der Waals surface area contributed by atoms with Crippen LogP contribution in [0.15, 0.2) is 24.3 Å². The van der Waals surface area contributed by atoms with Crippen molar-refractivity contribution < 1.29 is 9.13 Å². The van der Waals surface area contributed by atoms with Crippen LogP contribution in [0.3, 0.4) is 0 Å². The molecule has 102 valence electrons. The smallest absolute Gasteiger partial charge is 0.131 e. The van der Waals surface area contributed by atoms with E-state index in [9.17, 15) is 4.39 Å². The number of halogens is 1. The first kappa shape index (κ1) is 13.5. The molecule has 0 radical (unpaired) electrons. The van der Waals surface area contributed by atoms with Crippen LogP contribution in [0.25, 0.3) is 11.1 Å². The number of benzene rings is 1. The predicted molar refractivity (Wildman–Crippen MR) is 73.2 cm³/mol. The molecule has 0 bridgehead atoms. The summed E-state index contributed by atoms with van der Waals surface area (Å²) in [6.45, 7) is 3.14. The molecular weight excluding hydrogens is 245 g/mol. The fourth-order valence-electron chi connectivity index (χ4n) is 2.04. The lowest BCUT2D eigenvalue weighted by Gasteiger charge is -2.05. The molecule has 1 heterocycles. The molecule has 0 aliphatic carbocycles. The monoisotopic (exact) mass is 263 g/mol. The van der Waals surface area contributed by atoms with Crippen LogP contribution in [-0.2, 0) is 18.2 Å². The van der Waals surface area contributed by atoms with E-state index in [0.717, 1.165) is 5.69 Å². The molecule has 0 unspecified atom stereocenters. The number of nitrogen functional groups attached to an aromatic ring is 1. The molecule has 19 heavy (non-hydrogen) atoms. The van der Waals surface area contributed by atoms with E-state index in [-0.39, 0.29) is 5.82 Å². The van der Waals surface area contributed by atoms with E-state index in [1.165, 1.54) is 6.07 Å². The summed E-state index contributed by atoms with van der Waals surface area (Å²) in [6, 6.07) is 6.59. The molecule has 2 rings (SSSR count). The number of rotatable bonds is 5. The normalized spacial score (nSPS) is 10.9. The Balaban J connectivity index is 2.41. The van der Waals surface area contributed by atoms with Crippen LogP contribution in [0.2, 0.25) is 0 Å². The maximum Gasteiger partial charge on any atom is 0.131 e. The van der Waals surface area contributed by atoms with Gasteiger partial charge in [0, 0.05) is 31.2 Å². The Morgan fingerprint density at radius 2 is 2.11 bits per heavy atom. The molecule has 5 heteroatoms. The molecule has 0 fully saturated rings. The largest absolute Gasteiger partial charge is 0.383 e.